The van der Waals surface area contributed by atoms with Crippen LogP contribution in [0.1, 0.15) is 10.4 Å². The minimum atomic E-state index is -0.298. The van der Waals surface area contributed by atoms with E-state index < -0.39 is 0 Å². The highest BCUT2D eigenvalue weighted by molar-refractivity contribution is 6.12. The minimum absolute atomic E-state index is 0.287. The summed E-state index contributed by atoms with van der Waals surface area (Å²) in [5.41, 5.74) is 1.79. The Morgan fingerprint density at radius 1 is 1.17 bits per heavy atom. The van der Waals surface area contributed by atoms with E-state index in [9.17, 15) is 4.79 Å². The van der Waals surface area contributed by atoms with Crippen LogP contribution < -0.4 is 5.32 Å². The number of aromatic nitrogens is 4. The normalized spacial score (nSPS) is 10.8. The summed E-state index contributed by atoms with van der Waals surface area (Å²) in [7, 11) is 0. The van der Waals surface area contributed by atoms with E-state index in [-0.39, 0.29) is 11.9 Å². The van der Waals surface area contributed by atoms with Crippen LogP contribution in [0.4, 0.5) is 5.95 Å². The maximum absolute atomic E-state index is 12.6. The fourth-order valence-corrected chi connectivity index (χ4v) is 2.35. The molecule has 4 rings (SSSR count). The van der Waals surface area contributed by atoms with Gasteiger partial charge in [0.2, 0.25) is 5.95 Å². The number of fused-ring (bicyclic) bond motifs is 1. The average molecular weight is 305 g/mol. The van der Waals surface area contributed by atoms with Crippen LogP contribution in [0.15, 0.2) is 59.5 Å². The Hall–Kier alpha value is -3.48. The Kier molecular flexibility index (Phi) is 3.09. The second kappa shape index (κ2) is 5.38. The van der Waals surface area contributed by atoms with E-state index in [4.69, 9.17) is 4.42 Å². The Balaban J connectivity index is 1.85. The third-order valence-electron chi connectivity index (χ3n) is 3.38. The van der Waals surface area contributed by atoms with Gasteiger partial charge in [0.25, 0.3) is 5.91 Å². The van der Waals surface area contributed by atoms with Gasteiger partial charge < -0.3 is 4.42 Å². The fourth-order valence-electron chi connectivity index (χ4n) is 2.35. The molecule has 0 saturated carbocycles. The number of rotatable bonds is 3. The number of H-pyrrole nitrogens is 1. The third kappa shape index (κ3) is 2.44. The van der Waals surface area contributed by atoms with Crippen LogP contribution in [0.5, 0.6) is 0 Å². The standard InChI is InChI=1S/C16H11N5O2/c22-15(20-16-17-9-18-21-16)11-8-13(14-6-3-7-23-14)19-12-5-2-1-4-10(11)12/h1-9H,(H2,17,18,20,21,22). The van der Waals surface area contributed by atoms with Gasteiger partial charge in [0.1, 0.15) is 12.0 Å². The highest BCUT2D eigenvalue weighted by Gasteiger charge is 2.15. The number of aromatic amines is 1. The number of nitrogens with zero attached hydrogens (tertiary/aromatic N) is 3. The highest BCUT2D eigenvalue weighted by Crippen LogP contribution is 2.25. The molecular formula is C16H11N5O2. The largest absolute Gasteiger partial charge is 0.463 e. The number of para-hydroxylation sites is 1. The van der Waals surface area contributed by atoms with Gasteiger partial charge in [-0.15, -0.1) is 0 Å². The summed E-state index contributed by atoms with van der Waals surface area (Å²) in [5, 5.41) is 9.74. The molecule has 3 aromatic heterocycles. The molecule has 1 aromatic carbocycles. The number of pyridine rings is 1. The van der Waals surface area contributed by atoms with Crippen molar-refractivity contribution in [1.82, 2.24) is 20.2 Å². The van der Waals surface area contributed by atoms with Gasteiger partial charge in [-0.2, -0.15) is 10.1 Å². The number of benzene rings is 1. The number of amides is 1. The number of anilines is 1. The van der Waals surface area contributed by atoms with E-state index in [0.29, 0.717) is 22.5 Å². The molecule has 0 atom stereocenters. The van der Waals surface area contributed by atoms with Crippen LogP contribution >= 0.6 is 0 Å². The molecule has 2 N–H and O–H groups in total. The van der Waals surface area contributed by atoms with E-state index in [1.165, 1.54) is 6.33 Å². The summed E-state index contributed by atoms with van der Waals surface area (Å²) in [6, 6.07) is 12.7. The first kappa shape index (κ1) is 13.2. The van der Waals surface area contributed by atoms with Crippen molar-refractivity contribution in [1.29, 1.82) is 0 Å². The lowest BCUT2D eigenvalue weighted by Gasteiger charge is -2.08. The van der Waals surface area contributed by atoms with Crippen LogP contribution in [0.25, 0.3) is 22.4 Å². The summed E-state index contributed by atoms with van der Waals surface area (Å²) in [6.07, 6.45) is 2.90. The molecule has 0 aliphatic rings. The van der Waals surface area contributed by atoms with Crippen LogP contribution in [-0.4, -0.2) is 26.1 Å². The molecule has 0 radical (unpaired) electrons. The average Bonchev–Trinajstić information content (AvgIpc) is 3.27. The molecule has 1 amide bonds. The Labute approximate surface area is 130 Å². The number of nitrogens with one attached hydrogen (secondary N) is 2. The van der Waals surface area contributed by atoms with Gasteiger partial charge >= 0.3 is 0 Å². The quantitative estimate of drug-likeness (QED) is 0.606. The fraction of sp³-hybridized carbons (Fsp3) is 0. The molecular weight excluding hydrogens is 294 g/mol. The second-order valence-electron chi connectivity index (χ2n) is 4.84. The lowest BCUT2D eigenvalue weighted by atomic mass is 10.1. The van der Waals surface area contributed by atoms with Crippen LogP contribution in [0, 0.1) is 0 Å². The van der Waals surface area contributed by atoms with Gasteiger partial charge in [-0.1, -0.05) is 18.2 Å². The van der Waals surface area contributed by atoms with Gasteiger partial charge in [-0.3, -0.25) is 10.1 Å². The predicted octanol–water partition coefficient (Wildman–Crippen LogP) is 2.87. The lowest BCUT2D eigenvalue weighted by Crippen LogP contribution is -2.14. The first-order chi connectivity index (χ1) is 11.3. The van der Waals surface area contributed by atoms with Gasteiger partial charge in [0.15, 0.2) is 5.76 Å². The van der Waals surface area contributed by atoms with Crippen LogP contribution in [0.2, 0.25) is 0 Å². The zero-order chi connectivity index (χ0) is 15.6. The molecule has 0 bridgehead atoms. The zero-order valence-electron chi connectivity index (χ0n) is 11.9. The van der Waals surface area contributed by atoms with E-state index in [0.717, 1.165) is 5.39 Å². The summed E-state index contributed by atoms with van der Waals surface area (Å²) in [4.78, 5) is 21.0. The van der Waals surface area contributed by atoms with Crippen molar-refractivity contribution in [3.8, 4) is 11.5 Å². The predicted molar refractivity (Wildman–Crippen MR) is 83.8 cm³/mol. The molecule has 0 spiro atoms. The van der Waals surface area contributed by atoms with Crippen molar-refractivity contribution in [2.75, 3.05) is 5.32 Å². The first-order valence-electron chi connectivity index (χ1n) is 6.91. The smallest absolute Gasteiger partial charge is 0.258 e. The van der Waals surface area contributed by atoms with Crippen molar-refractivity contribution < 1.29 is 9.21 Å². The second-order valence-corrected chi connectivity index (χ2v) is 4.84. The van der Waals surface area contributed by atoms with Crippen LogP contribution in [0.3, 0.4) is 0 Å². The van der Waals surface area contributed by atoms with Crippen molar-refractivity contribution in [3.05, 3.63) is 60.6 Å². The van der Waals surface area contributed by atoms with Gasteiger partial charge in [-0.05, 0) is 24.3 Å². The van der Waals surface area contributed by atoms with E-state index in [1.54, 1.807) is 24.5 Å². The number of carbonyl (C=O) groups is 1. The lowest BCUT2D eigenvalue weighted by molar-refractivity contribution is 0.102. The van der Waals surface area contributed by atoms with Gasteiger partial charge in [0, 0.05) is 5.39 Å². The van der Waals surface area contributed by atoms with Gasteiger partial charge in [-0.25, -0.2) is 10.1 Å². The summed E-state index contributed by atoms with van der Waals surface area (Å²) < 4.78 is 5.39. The molecule has 7 nitrogen and oxygen atoms in total. The molecule has 7 heteroatoms. The van der Waals surface area contributed by atoms with Crippen molar-refractivity contribution >= 4 is 22.8 Å². The molecule has 0 aliphatic carbocycles. The monoisotopic (exact) mass is 305 g/mol. The molecule has 23 heavy (non-hydrogen) atoms. The molecule has 0 fully saturated rings. The summed E-state index contributed by atoms with van der Waals surface area (Å²) >= 11 is 0. The molecule has 4 aromatic rings. The summed E-state index contributed by atoms with van der Waals surface area (Å²) in [5.74, 6) is 0.591. The van der Waals surface area contributed by atoms with E-state index >= 15 is 0 Å². The van der Waals surface area contributed by atoms with Crippen molar-refractivity contribution in [2.45, 2.75) is 0 Å². The van der Waals surface area contributed by atoms with Crippen LogP contribution in [-0.2, 0) is 0 Å². The highest BCUT2D eigenvalue weighted by atomic mass is 16.3. The number of furan rings is 1. The van der Waals surface area contributed by atoms with Gasteiger partial charge in [0.05, 0.1) is 17.3 Å². The molecule has 0 unspecified atom stereocenters. The van der Waals surface area contributed by atoms with Crippen molar-refractivity contribution in [3.63, 3.8) is 0 Å². The number of carbonyl (C=O) groups excluding carboxylic acids is 1. The molecule has 3 heterocycles. The van der Waals surface area contributed by atoms with E-state index in [1.807, 2.05) is 24.3 Å². The minimum Gasteiger partial charge on any atom is -0.463 e. The number of hydrogen-bond donors (Lipinski definition) is 2. The Morgan fingerprint density at radius 3 is 2.87 bits per heavy atom. The Bertz CT molecular complexity index is 961. The topological polar surface area (TPSA) is 96.7 Å². The summed E-state index contributed by atoms with van der Waals surface area (Å²) in [6.45, 7) is 0. The first-order valence-corrected chi connectivity index (χ1v) is 6.91. The molecule has 0 saturated heterocycles. The SMILES string of the molecule is O=C(Nc1ncn[nH]1)c1cc(-c2ccco2)nc2ccccc12. The zero-order valence-corrected chi connectivity index (χ0v) is 11.9. The van der Waals surface area contributed by atoms with Crippen molar-refractivity contribution in [2.24, 2.45) is 0 Å². The Morgan fingerprint density at radius 2 is 2.09 bits per heavy atom. The maximum atomic E-state index is 12.6. The number of hydrogen-bond acceptors (Lipinski definition) is 5. The molecule has 112 valence electrons. The molecule has 0 aliphatic heterocycles. The third-order valence-corrected chi connectivity index (χ3v) is 3.38. The maximum Gasteiger partial charge on any atom is 0.258 e. The van der Waals surface area contributed by atoms with E-state index in [2.05, 4.69) is 25.5 Å².